The van der Waals surface area contributed by atoms with Crippen LogP contribution >= 0.6 is 0 Å². The van der Waals surface area contributed by atoms with E-state index in [4.69, 9.17) is 4.74 Å². The van der Waals surface area contributed by atoms with Crippen molar-refractivity contribution in [3.05, 3.63) is 71.4 Å². The van der Waals surface area contributed by atoms with Crippen LogP contribution in [0.1, 0.15) is 36.1 Å². The normalized spacial score (nSPS) is 13.8. The number of carbonyl (C=O) groups is 1. The molecular formula is C25H27N3O2. The molecule has 1 amide bonds. The van der Waals surface area contributed by atoms with E-state index in [9.17, 15) is 4.79 Å². The summed E-state index contributed by atoms with van der Waals surface area (Å²) in [6.07, 6.45) is 10.4. The summed E-state index contributed by atoms with van der Waals surface area (Å²) in [5.41, 5.74) is 7.69. The quantitative estimate of drug-likeness (QED) is 0.459. The highest BCUT2D eigenvalue weighted by molar-refractivity contribution is 5.86. The number of aromatic nitrogens is 1. The molecule has 1 N–H and O–H groups in total. The van der Waals surface area contributed by atoms with Crippen LogP contribution in [0.3, 0.4) is 0 Å². The van der Waals surface area contributed by atoms with E-state index in [1.54, 1.807) is 19.4 Å². The highest BCUT2D eigenvalue weighted by Crippen LogP contribution is 2.32. The fourth-order valence-corrected chi connectivity index (χ4v) is 4.21. The van der Waals surface area contributed by atoms with E-state index in [0.29, 0.717) is 13.0 Å². The fourth-order valence-electron chi connectivity index (χ4n) is 4.21. The lowest BCUT2D eigenvalue weighted by Gasteiger charge is -2.15. The molecule has 5 heteroatoms. The van der Waals surface area contributed by atoms with Crippen molar-refractivity contribution < 1.29 is 9.53 Å². The minimum absolute atomic E-state index is 0.0840. The van der Waals surface area contributed by atoms with Crippen molar-refractivity contribution in [1.82, 2.24) is 9.99 Å². The zero-order valence-corrected chi connectivity index (χ0v) is 17.3. The molecule has 0 atom stereocenters. The number of hydrogen-bond acceptors (Lipinski definition) is 3. The first kappa shape index (κ1) is 20.0. The minimum Gasteiger partial charge on any atom is -0.496 e. The molecule has 5 nitrogen and oxygen atoms in total. The van der Waals surface area contributed by atoms with Gasteiger partial charge in [-0.1, -0.05) is 36.4 Å². The Morgan fingerprint density at radius 2 is 1.93 bits per heavy atom. The number of benzene rings is 2. The molecule has 0 saturated carbocycles. The van der Waals surface area contributed by atoms with Gasteiger partial charge in [-0.2, -0.15) is 5.10 Å². The molecule has 0 fully saturated rings. The van der Waals surface area contributed by atoms with E-state index in [0.717, 1.165) is 24.2 Å². The van der Waals surface area contributed by atoms with Crippen LogP contribution in [0.2, 0.25) is 0 Å². The van der Waals surface area contributed by atoms with Gasteiger partial charge in [-0.3, -0.25) is 4.79 Å². The third-order valence-electron chi connectivity index (χ3n) is 5.61. The predicted octanol–water partition coefficient (Wildman–Crippen LogP) is 4.73. The predicted molar refractivity (Wildman–Crippen MR) is 122 cm³/mol. The Balaban J connectivity index is 1.36. The van der Waals surface area contributed by atoms with Gasteiger partial charge in [-0.05, 0) is 55.5 Å². The van der Waals surface area contributed by atoms with Crippen molar-refractivity contribution in [1.29, 1.82) is 0 Å². The molecule has 4 rings (SSSR count). The summed E-state index contributed by atoms with van der Waals surface area (Å²) in [4.78, 5) is 12.3. The molecule has 3 aromatic rings. The minimum atomic E-state index is -0.0840. The van der Waals surface area contributed by atoms with Crippen molar-refractivity contribution in [2.24, 2.45) is 5.10 Å². The first-order valence-electron chi connectivity index (χ1n) is 10.5. The van der Waals surface area contributed by atoms with Crippen LogP contribution in [0.25, 0.3) is 17.0 Å². The summed E-state index contributed by atoms with van der Waals surface area (Å²) in [6.45, 7) is 0.675. The first-order chi connectivity index (χ1) is 14.8. The summed E-state index contributed by atoms with van der Waals surface area (Å²) in [5.74, 6) is 0.716. The van der Waals surface area contributed by atoms with Crippen LogP contribution in [-0.2, 0) is 24.2 Å². The Morgan fingerprint density at radius 3 is 2.83 bits per heavy atom. The average molecular weight is 402 g/mol. The largest absolute Gasteiger partial charge is 0.496 e. The Hall–Kier alpha value is -3.34. The van der Waals surface area contributed by atoms with Gasteiger partial charge in [0.1, 0.15) is 5.75 Å². The van der Waals surface area contributed by atoms with E-state index >= 15 is 0 Å². The van der Waals surface area contributed by atoms with Gasteiger partial charge < -0.3 is 9.30 Å². The number of ether oxygens (including phenoxy) is 1. The number of rotatable bonds is 7. The molecular weight excluding hydrogens is 374 g/mol. The second kappa shape index (κ2) is 9.44. The van der Waals surface area contributed by atoms with Gasteiger partial charge in [-0.25, -0.2) is 5.43 Å². The van der Waals surface area contributed by atoms with Crippen LogP contribution in [0, 0.1) is 0 Å². The molecule has 1 aliphatic carbocycles. The van der Waals surface area contributed by atoms with Gasteiger partial charge >= 0.3 is 0 Å². The molecule has 1 heterocycles. The van der Waals surface area contributed by atoms with Crippen LogP contribution in [0.15, 0.2) is 59.7 Å². The lowest BCUT2D eigenvalue weighted by molar-refractivity contribution is -0.121. The Bertz CT molecular complexity index is 1090. The van der Waals surface area contributed by atoms with Crippen LogP contribution in [0.5, 0.6) is 5.75 Å². The van der Waals surface area contributed by atoms with Crippen molar-refractivity contribution in [3.8, 4) is 5.75 Å². The third-order valence-corrected chi connectivity index (χ3v) is 5.61. The number of aryl methyl sites for hydroxylation is 2. The van der Waals surface area contributed by atoms with Gasteiger partial charge in [0.15, 0.2) is 0 Å². The summed E-state index contributed by atoms with van der Waals surface area (Å²) in [7, 11) is 1.64. The summed E-state index contributed by atoms with van der Waals surface area (Å²) in [6, 6.07) is 16.3. The SMILES string of the molecule is COc1ccccc1/C=C\C=NNC(=O)CCn1c2c(c3ccccc31)CCCC2. The first-order valence-corrected chi connectivity index (χ1v) is 10.5. The van der Waals surface area contributed by atoms with Crippen molar-refractivity contribution in [2.45, 2.75) is 38.6 Å². The molecule has 0 bridgehead atoms. The average Bonchev–Trinajstić information content (AvgIpc) is 3.11. The number of amides is 1. The Labute approximate surface area is 177 Å². The lowest BCUT2D eigenvalue weighted by Crippen LogP contribution is -2.20. The maximum atomic E-state index is 12.3. The molecule has 154 valence electrons. The Morgan fingerprint density at radius 1 is 1.13 bits per heavy atom. The van der Waals surface area contributed by atoms with E-state index in [1.807, 2.05) is 30.3 Å². The van der Waals surface area contributed by atoms with E-state index < -0.39 is 0 Å². The number of hydrazone groups is 1. The molecule has 30 heavy (non-hydrogen) atoms. The maximum absolute atomic E-state index is 12.3. The number of allylic oxidation sites excluding steroid dienone is 1. The summed E-state index contributed by atoms with van der Waals surface area (Å²) < 4.78 is 7.64. The van der Waals surface area contributed by atoms with Gasteiger partial charge in [0.2, 0.25) is 5.91 Å². The van der Waals surface area contributed by atoms with Crippen molar-refractivity contribution in [2.75, 3.05) is 7.11 Å². The number of methoxy groups -OCH3 is 1. The second-order valence-electron chi connectivity index (χ2n) is 7.47. The molecule has 0 radical (unpaired) electrons. The van der Waals surface area contributed by atoms with Gasteiger partial charge in [0.25, 0.3) is 0 Å². The van der Waals surface area contributed by atoms with Gasteiger partial charge in [-0.15, -0.1) is 0 Å². The number of para-hydroxylation sites is 2. The summed E-state index contributed by atoms with van der Waals surface area (Å²) in [5, 5.41) is 5.37. The molecule has 1 aromatic heterocycles. The monoisotopic (exact) mass is 401 g/mol. The zero-order valence-electron chi connectivity index (χ0n) is 17.3. The van der Waals surface area contributed by atoms with Crippen molar-refractivity contribution >= 4 is 29.1 Å². The second-order valence-corrected chi connectivity index (χ2v) is 7.47. The molecule has 2 aromatic carbocycles. The number of nitrogens with zero attached hydrogens (tertiary/aromatic N) is 2. The van der Waals surface area contributed by atoms with Gasteiger partial charge in [0, 0.05) is 41.3 Å². The number of nitrogens with one attached hydrogen (secondary N) is 1. The topological polar surface area (TPSA) is 55.6 Å². The molecule has 1 aliphatic rings. The number of hydrogen-bond donors (Lipinski definition) is 1. The highest BCUT2D eigenvalue weighted by atomic mass is 16.5. The maximum Gasteiger partial charge on any atom is 0.241 e. The molecule has 0 unspecified atom stereocenters. The molecule has 0 aliphatic heterocycles. The van der Waals surface area contributed by atoms with Gasteiger partial charge in [0.05, 0.1) is 7.11 Å². The van der Waals surface area contributed by atoms with E-state index in [1.165, 1.54) is 35.0 Å². The fraction of sp³-hybridized carbons (Fsp3) is 0.280. The smallest absolute Gasteiger partial charge is 0.241 e. The van der Waals surface area contributed by atoms with Crippen LogP contribution < -0.4 is 10.2 Å². The van der Waals surface area contributed by atoms with E-state index in [2.05, 4.69) is 39.4 Å². The number of carbonyl (C=O) groups excluding carboxylic acids is 1. The van der Waals surface area contributed by atoms with Crippen molar-refractivity contribution in [3.63, 3.8) is 0 Å². The van der Waals surface area contributed by atoms with Crippen LogP contribution in [0.4, 0.5) is 0 Å². The molecule has 0 spiro atoms. The highest BCUT2D eigenvalue weighted by Gasteiger charge is 2.19. The molecule has 0 saturated heterocycles. The number of fused-ring (bicyclic) bond motifs is 3. The third kappa shape index (κ3) is 4.30. The standard InChI is InChI=1S/C25H27N3O2/c1-30-24-15-7-2-9-19(24)10-8-17-26-27-25(29)16-18-28-22-13-5-3-11-20(22)21-12-4-6-14-23(21)28/h2-3,5,7-11,13,15,17H,4,6,12,14,16,18H2,1H3,(H,27,29)/b10-8-,26-17?. The Kier molecular flexibility index (Phi) is 6.28. The van der Waals surface area contributed by atoms with E-state index in [-0.39, 0.29) is 5.91 Å². The zero-order chi connectivity index (χ0) is 20.8. The van der Waals surface area contributed by atoms with Crippen LogP contribution in [-0.4, -0.2) is 23.8 Å². The lowest BCUT2D eigenvalue weighted by atomic mass is 9.95. The summed E-state index contributed by atoms with van der Waals surface area (Å²) >= 11 is 0.